The molecular formula is C27H29N5O. The number of carbonyl (C=O) groups is 1. The Labute approximate surface area is 194 Å². The lowest BCUT2D eigenvalue weighted by atomic mass is 9.96. The molecule has 1 aliphatic rings. The van der Waals surface area contributed by atoms with E-state index in [0.717, 1.165) is 55.0 Å². The van der Waals surface area contributed by atoms with Crippen LogP contribution in [0.15, 0.2) is 66.9 Å². The van der Waals surface area contributed by atoms with Gasteiger partial charge in [0.15, 0.2) is 0 Å². The second-order valence-corrected chi connectivity index (χ2v) is 8.88. The lowest BCUT2D eigenvalue weighted by Gasteiger charge is -2.32. The Bertz CT molecular complexity index is 1290. The van der Waals surface area contributed by atoms with E-state index in [0.29, 0.717) is 5.82 Å². The van der Waals surface area contributed by atoms with Crippen LogP contribution >= 0.6 is 0 Å². The van der Waals surface area contributed by atoms with Crippen molar-refractivity contribution in [2.24, 2.45) is 5.92 Å². The first-order valence-electron chi connectivity index (χ1n) is 11.6. The number of aryl methyl sites for hydroxylation is 2. The third-order valence-electron chi connectivity index (χ3n) is 6.54. The van der Waals surface area contributed by atoms with Crippen LogP contribution in [0.1, 0.15) is 29.5 Å². The molecule has 0 atom stereocenters. The fraction of sp³-hybridized carbons (Fsp3) is 0.296. The van der Waals surface area contributed by atoms with Gasteiger partial charge < -0.3 is 14.8 Å². The number of rotatable bonds is 5. The van der Waals surface area contributed by atoms with Gasteiger partial charge in [-0.15, -0.1) is 0 Å². The van der Waals surface area contributed by atoms with Gasteiger partial charge in [0.2, 0.25) is 11.9 Å². The van der Waals surface area contributed by atoms with Gasteiger partial charge in [-0.2, -0.15) is 0 Å². The zero-order chi connectivity index (χ0) is 22.8. The van der Waals surface area contributed by atoms with Crippen LogP contribution in [0.5, 0.6) is 0 Å². The number of imidazole rings is 1. The van der Waals surface area contributed by atoms with Crippen molar-refractivity contribution in [2.45, 2.75) is 33.2 Å². The van der Waals surface area contributed by atoms with Crippen molar-refractivity contribution in [3.63, 3.8) is 0 Å². The van der Waals surface area contributed by atoms with Crippen LogP contribution in [0.3, 0.4) is 0 Å². The molecule has 0 unspecified atom stereocenters. The lowest BCUT2D eigenvalue weighted by molar-refractivity contribution is -0.120. The van der Waals surface area contributed by atoms with Gasteiger partial charge in [-0.05, 0) is 67.6 Å². The first kappa shape index (κ1) is 21.2. The van der Waals surface area contributed by atoms with Gasteiger partial charge in [0.25, 0.3) is 0 Å². The van der Waals surface area contributed by atoms with E-state index in [1.54, 1.807) is 6.20 Å². The second kappa shape index (κ2) is 9.06. The maximum atomic E-state index is 12.8. The normalized spacial score (nSPS) is 14.5. The summed E-state index contributed by atoms with van der Waals surface area (Å²) in [7, 11) is 0. The molecule has 33 heavy (non-hydrogen) atoms. The SMILES string of the molecule is Cc1ccnc(NC(=O)C2CCN(c3nc4ccccc4n3Cc3ccccc3C)CC2)c1. The molecule has 0 aliphatic carbocycles. The number of nitrogens with one attached hydrogen (secondary N) is 1. The van der Waals surface area contributed by atoms with E-state index in [9.17, 15) is 4.79 Å². The average Bonchev–Trinajstić information content (AvgIpc) is 3.19. The molecule has 0 spiro atoms. The first-order chi connectivity index (χ1) is 16.1. The molecule has 0 radical (unpaired) electrons. The maximum Gasteiger partial charge on any atom is 0.228 e. The molecule has 3 heterocycles. The van der Waals surface area contributed by atoms with E-state index >= 15 is 0 Å². The minimum absolute atomic E-state index is 0.0160. The van der Waals surface area contributed by atoms with Crippen molar-refractivity contribution in [1.82, 2.24) is 14.5 Å². The molecule has 1 fully saturated rings. The van der Waals surface area contributed by atoms with Crippen LogP contribution < -0.4 is 10.2 Å². The highest BCUT2D eigenvalue weighted by Crippen LogP contribution is 2.29. The molecule has 1 N–H and O–H groups in total. The highest BCUT2D eigenvalue weighted by Gasteiger charge is 2.28. The fourth-order valence-electron chi connectivity index (χ4n) is 4.59. The summed E-state index contributed by atoms with van der Waals surface area (Å²) in [5.74, 6) is 1.65. The molecule has 0 bridgehead atoms. The molecule has 4 aromatic rings. The van der Waals surface area contributed by atoms with Crippen molar-refractivity contribution in [3.8, 4) is 0 Å². The van der Waals surface area contributed by atoms with Crippen LogP contribution in [0, 0.1) is 19.8 Å². The topological polar surface area (TPSA) is 63.1 Å². The number of anilines is 2. The molecule has 6 heteroatoms. The number of nitrogens with zero attached hydrogens (tertiary/aromatic N) is 4. The first-order valence-corrected chi connectivity index (χ1v) is 11.6. The fourth-order valence-corrected chi connectivity index (χ4v) is 4.59. The quantitative estimate of drug-likeness (QED) is 0.478. The summed E-state index contributed by atoms with van der Waals surface area (Å²) in [5.41, 5.74) is 5.80. The Morgan fingerprint density at radius 3 is 2.58 bits per heavy atom. The summed E-state index contributed by atoms with van der Waals surface area (Å²) in [5, 5.41) is 2.99. The van der Waals surface area contributed by atoms with Crippen LogP contribution in [0.25, 0.3) is 11.0 Å². The maximum absolute atomic E-state index is 12.8. The van der Waals surface area contributed by atoms with Gasteiger partial charge in [0.1, 0.15) is 5.82 Å². The summed E-state index contributed by atoms with van der Waals surface area (Å²) in [6.07, 6.45) is 3.32. The molecule has 2 aromatic carbocycles. The van der Waals surface area contributed by atoms with Gasteiger partial charge >= 0.3 is 0 Å². The molecule has 1 aliphatic heterocycles. The molecule has 1 saturated heterocycles. The Morgan fingerprint density at radius 1 is 1.03 bits per heavy atom. The zero-order valence-corrected chi connectivity index (χ0v) is 19.2. The van der Waals surface area contributed by atoms with Gasteiger partial charge in [-0.3, -0.25) is 4.79 Å². The molecule has 6 nitrogen and oxygen atoms in total. The number of piperidine rings is 1. The number of fused-ring (bicyclic) bond motifs is 1. The number of pyridine rings is 1. The van der Waals surface area contributed by atoms with E-state index in [1.165, 1.54) is 11.1 Å². The summed E-state index contributed by atoms with van der Waals surface area (Å²) >= 11 is 0. The summed E-state index contributed by atoms with van der Waals surface area (Å²) in [6, 6.07) is 20.7. The number of benzene rings is 2. The van der Waals surface area contributed by atoms with Crippen molar-refractivity contribution in [1.29, 1.82) is 0 Å². The minimum atomic E-state index is -0.0160. The van der Waals surface area contributed by atoms with Crippen LogP contribution in [0.4, 0.5) is 11.8 Å². The molecule has 0 saturated carbocycles. The Morgan fingerprint density at radius 2 is 1.79 bits per heavy atom. The molecule has 1 amide bonds. The van der Waals surface area contributed by atoms with Crippen molar-refractivity contribution in [3.05, 3.63) is 83.6 Å². The van der Waals surface area contributed by atoms with Crippen molar-refractivity contribution >= 4 is 28.7 Å². The van der Waals surface area contributed by atoms with Gasteiger partial charge in [0, 0.05) is 25.2 Å². The van der Waals surface area contributed by atoms with Crippen LogP contribution in [0.2, 0.25) is 0 Å². The number of hydrogen-bond donors (Lipinski definition) is 1. The van der Waals surface area contributed by atoms with Crippen molar-refractivity contribution in [2.75, 3.05) is 23.3 Å². The number of carbonyl (C=O) groups excluding carboxylic acids is 1. The Hall–Kier alpha value is -3.67. The predicted molar refractivity (Wildman–Crippen MR) is 133 cm³/mol. The zero-order valence-electron chi connectivity index (χ0n) is 19.2. The molecule has 168 valence electrons. The Kier molecular flexibility index (Phi) is 5.82. The van der Waals surface area contributed by atoms with E-state index in [-0.39, 0.29) is 11.8 Å². The van der Waals surface area contributed by atoms with Crippen molar-refractivity contribution < 1.29 is 4.79 Å². The summed E-state index contributed by atoms with van der Waals surface area (Å²) in [6.45, 7) is 6.54. The summed E-state index contributed by atoms with van der Waals surface area (Å²) < 4.78 is 2.31. The number of hydrogen-bond acceptors (Lipinski definition) is 4. The minimum Gasteiger partial charge on any atom is -0.342 e. The largest absolute Gasteiger partial charge is 0.342 e. The highest BCUT2D eigenvalue weighted by atomic mass is 16.1. The van der Waals surface area contributed by atoms with Crippen LogP contribution in [-0.4, -0.2) is 33.5 Å². The molecule has 2 aromatic heterocycles. The van der Waals surface area contributed by atoms with E-state index in [4.69, 9.17) is 4.98 Å². The van der Waals surface area contributed by atoms with E-state index in [2.05, 4.69) is 69.2 Å². The highest BCUT2D eigenvalue weighted by molar-refractivity contribution is 5.92. The third kappa shape index (κ3) is 4.46. The molecular weight excluding hydrogens is 410 g/mol. The Balaban J connectivity index is 1.34. The molecule has 5 rings (SSSR count). The second-order valence-electron chi connectivity index (χ2n) is 8.88. The average molecular weight is 440 g/mol. The third-order valence-corrected chi connectivity index (χ3v) is 6.54. The van der Waals surface area contributed by atoms with Crippen LogP contribution in [-0.2, 0) is 11.3 Å². The van der Waals surface area contributed by atoms with Gasteiger partial charge in [-0.1, -0.05) is 36.4 Å². The standard InChI is InChI=1S/C27H29N5O/c1-19-11-14-28-25(17-19)30-26(33)21-12-15-31(16-13-21)27-29-23-9-5-6-10-24(23)32(27)18-22-8-4-3-7-20(22)2/h3-11,14,17,21H,12-13,15-16,18H2,1-2H3,(H,28,30,33). The monoisotopic (exact) mass is 439 g/mol. The van der Waals surface area contributed by atoms with E-state index < -0.39 is 0 Å². The predicted octanol–water partition coefficient (Wildman–Crippen LogP) is 4.95. The lowest BCUT2D eigenvalue weighted by Crippen LogP contribution is -2.39. The number of para-hydroxylation sites is 2. The van der Waals surface area contributed by atoms with Gasteiger partial charge in [-0.25, -0.2) is 9.97 Å². The van der Waals surface area contributed by atoms with Gasteiger partial charge in [0.05, 0.1) is 17.6 Å². The number of aromatic nitrogens is 3. The number of amides is 1. The van der Waals surface area contributed by atoms with E-state index in [1.807, 2.05) is 25.1 Å². The summed E-state index contributed by atoms with van der Waals surface area (Å²) in [4.78, 5) is 24.4. The smallest absolute Gasteiger partial charge is 0.228 e.